The molecule has 0 fully saturated rings. The van der Waals surface area contributed by atoms with Crippen LogP contribution >= 0.6 is 0 Å². The van der Waals surface area contributed by atoms with Gasteiger partial charge >= 0.3 is 0 Å². The number of aryl methyl sites for hydroxylation is 2. The second-order valence-corrected chi connectivity index (χ2v) is 15.9. The standard InChI is InChI=1S/C57H50N3O.Pt/c1-36(2)43-29-45(40-17-12-9-13-18-40)34-49(33-43)60-53-20-14-19-50(54(53)59-56(60)51-28-37(3)27-38(4)55(51)61)46-30-44(39-15-10-8-11-16-39)31-47(32-46)52-35-42(25-26-58-52)41-21-23-48(24-22-41)57(5,6)7;/h8-31,33-36,61H,1-7H3;/q-1;/i5D3,6D3,7D3,36D;. The van der Waals surface area contributed by atoms with Gasteiger partial charge in [0.1, 0.15) is 11.6 Å². The second-order valence-electron chi connectivity index (χ2n) is 15.9. The Hall–Kier alpha value is -6.35. The van der Waals surface area contributed by atoms with Crippen LogP contribution in [-0.4, -0.2) is 19.6 Å². The average Bonchev–Trinajstić information content (AvgIpc) is 3.71. The van der Waals surface area contributed by atoms with Crippen LogP contribution < -0.4 is 0 Å². The number of nitrogens with zero attached hydrogens (tertiary/aromatic N) is 3. The van der Waals surface area contributed by atoms with Crippen LogP contribution in [0.15, 0.2) is 164 Å². The molecular formula is C57H50N3OPt-. The van der Waals surface area contributed by atoms with E-state index in [0.717, 1.165) is 50.1 Å². The summed E-state index contributed by atoms with van der Waals surface area (Å²) < 4.78 is 84.9. The monoisotopic (exact) mass is 997 g/mol. The number of para-hydroxylation sites is 1. The molecule has 0 unspecified atom stereocenters. The van der Waals surface area contributed by atoms with Crippen molar-refractivity contribution in [2.24, 2.45) is 0 Å². The minimum absolute atomic E-state index is 0. The molecular weight excluding hydrogens is 938 g/mol. The molecule has 9 aromatic rings. The average molecular weight is 998 g/mol. The first-order valence-electron chi connectivity index (χ1n) is 25.2. The van der Waals surface area contributed by atoms with E-state index in [2.05, 4.69) is 28.8 Å². The van der Waals surface area contributed by atoms with Gasteiger partial charge < -0.3 is 5.11 Å². The third-order valence-electron chi connectivity index (χ3n) is 11.2. The summed E-state index contributed by atoms with van der Waals surface area (Å²) in [4.78, 5) is 10.2. The minimum atomic E-state index is -3.38. The van der Waals surface area contributed by atoms with Gasteiger partial charge in [-0.25, -0.2) is 4.98 Å². The molecule has 0 aliphatic heterocycles. The maximum absolute atomic E-state index is 11.8. The number of aromatic hydroxyl groups is 1. The van der Waals surface area contributed by atoms with Gasteiger partial charge in [-0.15, -0.1) is 23.8 Å². The summed E-state index contributed by atoms with van der Waals surface area (Å²) in [6, 6.07) is 53.0. The van der Waals surface area contributed by atoms with Crippen LogP contribution in [0.25, 0.3) is 83.9 Å². The number of phenolic OH excluding ortho intramolecular Hbond substituents is 1. The Bertz CT molecular complexity index is 3410. The molecule has 0 amide bonds. The van der Waals surface area contributed by atoms with Crippen molar-refractivity contribution in [3.8, 4) is 78.6 Å². The fraction of sp³-hybridized carbons (Fsp3) is 0.158. The molecule has 2 aromatic heterocycles. The van der Waals surface area contributed by atoms with Crippen molar-refractivity contribution in [1.29, 1.82) is 0 Å². The largest absolute Gasteiger partial charge is 0.507 e. The van der Waals surface area contributed by atoms with Crippen molar-refractivity contribution < 1.29 is 39.9 Å². The van der Waals surface area contributed by atoms with Crippen LogP contribution in [0.2, 0.25) is 0 Å². The smallest absolute Gasteiger partial charge is 0.148 e. The van der Waals surface area contributed by atoms with E-state index >= 15 is 0 Å². The number of rotatable bonds is 8. The Kier molecular flexibility index (Phi) is 8.73. The summed E-state index contributed by atoms with van der Waals surface area (Å²) in [6.07, 6.45) is 1.64. The third kappa shape index (κ3) is 8.33. The van der Waals surface area contributed by atoms with Crippen LogP contribution in [0, 0.1) is 19.9 Å². The Morgan fingerprint density at radius 1 is 0.645 bits per heavy atom. The summed E-state index contributed by atoms with van der Waals surface area (Å²) in [5, 5.41) is 11.8. The first-order valence-corrected chi connectivity index (χ1v) is 20.2. The van der Waals surface area contributed by atoms with Crippen molar-refractivity contribution in [2.75, 3.05) is 0 Å². The quantitative estimate of drug-likeness (QED) is 0.154. The minimum Gasteiger partial charge on any atom is -0.507 e. The molecule has 0 aliphatic rings. The van der Waals surface area contributed by atoms with Crippen molar-refractivity contribution in [3.05, 3.63) is 192 Å². The van der Waals surface area contributed by atoms with Crippen molar-refractivity contribution >= 4 is 11.0 Å². The van der Waals surface area contributed by atoms with Gasteiger partial charge in [-0.05, 0) is 106 Å². The van der Waals surface area contributed by atoms with Gasteiger partial charge in [-0.3, -0.25) is 9.55 Å². The second kappa shape index (κ2) is 17.2. The predicted octanol–water partition coefficient (Wildman–Crippen LogP) is 15.0. The molecule has 0 radical (unpaired) electrons. The van der Waals surface area contributed by atoms with E-state index in [1.54, 1.807) is 12.3 Å². The topological polar surface area (TPSA) is 50.9 Å². The summed E-state index contributed by atoms with van der Waals surface area (Å²) in [6.45, 7) is -2.55. The van der Waals surface area contributed by atoms with Crippen LogP contribution in [0.3, 0.4) is 0 Å². The molecule has 0 saturated carbocycles. The molecule has 5 heteroatoms. The number of hydrogen-bond acceptors (Lipinski definition) is 3. The van der Waals surface area contributed by atoms with Crippen LogP contribution in [0.1, 0.15) is 76.3 Å². The van der Waals surface area contributed by atoms with Crippen molar-refractivity contribution in [1.82, 2.24) is 14.5 Å². The number of aromatic nitrogens is 3. The van der Waals surface area contributed by atoms with Gasteiger partial charge in [0.25, 0.3) is 0 Å². The summed E-state index contributed by atoms with van der Waals surface area (Å²) >= 11 is 0. The summed E-state index contributed by atoms with van der Waals surface area (Å²) in [5.74, 6) is -0.322. The summed E-state index contributed by atoms with van der Waals surface area (Å²) in [5.41, 5.74) is 9.41. The Morgan fingerprint density at radius 3 is 1.98 bits per heavy atom. The Balaban J connectivity index is 0.00000693. The first-order chi connectivity index (χ1) is 33.5. The van der Waals surface area contributed by atoms with Gasteiger partial charge in [0, 0.05) is 52.4 Å². The number of pyridine rings is 1. The molecule has 7 aromatic carbocycles. The van der Waals surface area contributed by atoms with Gasteiger partial charge in [-0.1, -0.05) is 166 Å². The third-order valence-corrected chi connectivity index (χ3v) is 11.2. The SMILES string of the molecule is [2H]C(C)(C)c1cc(-c2ccccc2)cc(-n2c(-c3cc(C)cc(C)c3O)nc3c(-c4[c-]c(-c5cc(-c6ccc(C(C([2H])([2H])[2H])(C([2H])([2H])[2H])C([2H])([2H])[2H])cc6)ccn5)cc(-c5ccccc5)c4)cccc32)c1.[Pt]. The zero-order chi connectivity index (χ0) is 50.8. The van der Waals surface area contributed by atoms with E-state index in [1.165, 1.54) is 24.3 Å². The van der Waals surface area contributed by atoms with Gasteiger partial charge in [-0.2, -0.15) is 0 Å². The van der Waals surface area contributed by atoms with E-state index in [-0.39, 0.29) is 32.4 Å². The summed E-state index contributed by atoms with van der Waals surface area (Å²) in [7, 11) is 0. The molecule has 4 nitrogen and oxygen atoms in total. The molecule has 62 heavy (non-hydrogen) atoms. The first kappa shape index (κ1) is 31.5. The van der Waals surface area contributed by atoms with Crippen molar-refractivity contribution in [2.45, 2.75) is 59.6 Å². The molecule has 2 heterocycles. The zero-order valence-corrected chi connectivity index (χ0v) is 37.0. The maximum atomic E-state index is 11.8. The number of phenols is 1. The molecule has 0 bridgehead atoms. The van der Waals surface area contributed by atoms with Crippen LogP contribution in [0.4, 0.5) is 0 Å². The molecule has 1 N–H and O–H groups in total. The fourth-order valence-electron chi connectivity index (χ4n) is 8.04. The van der Waals surface area contributed by atoms with Gasteiger partial charge in [0.05, 0.1) is 16.6 Å². The zero-order valence-electron chi connectivity index (χ0n) is 44.7. The fourth-order valence-corrected chi connectivity index (χ4v) is 8.04. The number of benzene rings is 7. The molecule has 0 atom stereocenters. The van der Waals surface area contributed by atoms with Gasteiger partial charge in [0.15, 0.2) is 0 Å². The van der Waals surface area contributed by atoms with Crippen LogP contribution in [0.5, 0.6) is 5.75 Å². The molecule has 0 spiro atoms. The molecule has 9 rings (SSSR count). The number of fused-ring (bicyclic) bond motifs is 1. The predicted molar refractivity (Wildman–Crippen MR) is 254 cm³/mol. The normalized spacial score (nSPS) is 14.7. The maximum Gasteiger partial charge on any atom is 0.148 e. The van der Waals surface area contributed by atoms with E-state index in [9.17, 15) is 6.48 Å². The van der Waals surface area contributed by atoms with E-state index in [1.807, 2.05) is 137 Å². The molecule has 310 valence electrons. The molecule has 0 saturated heterocycles. The molecule has 0 aliphatic carbocycles. The van der Waals surface area contributed by atoms with E-state index in [0.29, 0.717) is 50.4 Å². The van der Waals surface area contributed by atoms with Crippen molar-refractivity contribution in [3.63, 3.8) is 0 Å². The van der Waals surface area contributed by atoms with E-state index < -0.39 is 31.9 Å². The Morgan fingerprint density at radius 2 is 1.31 bits per heavy atom. The Labute approximate surface area is 394 Å². The van der Waals surface area contributed by atoms with Crippen LogP contribution in [-0.2, 0) is 26.5 Å². The number of hydrogen-bond donors (Lipinski definition) is 1. The van der Waals surface area contributed by atoms with Gasteiger partial charge in [0.2, 0.25) is 0 Å². The number of imidazole rings is 1. The van der Waals surface area contributed by atoms with E-state index in [4.69, 9.17) is 22.3 Å².